The number of nitrogens with one attached hydrogen (secondary N) is 1. The van der Waals surface area contributed by atoms with Gasteiger partial charge in [-0.3, -0.25) is 9.69 Å². The molecule has 0 aromatic heterocycles. The summed E-state index contributed by atoms with van der Waals surface area (Å²) in [7, 11) is 0. The van der Waals surface area contributed by atoms with Gasteiger partial charge >= 0.3 is 6.03 Å². The predicted molar refractivity (Wildman–Crippen MR) is 81.0 cm³/mol. The van der Waals surface area contributed by atoms with Crippen LogP contribution >= 0.6 is 0 Å². The molecular formula is C16H13F2N3O2. The molecule has 23 heavy (non-hydrogen) atoms. The summed E-state index contributed by atoms with van der Waals surface area (Å²) in [6, 6.07) is 8.42. The third kappa shape index (κ3) is 2.61. The van der Waals surface area contributed by atoms with E-state index in [0.717, 1.165) is 22.6 Å². The van der Waals surface area contributed by atoms with E-state index in [1.807, 2.05) is 0 Å². The first kappa shape index (κ1) is 15.0. The number of halogens is 2. The van der Waals surface area contributed by atoms with Gasteiger partial charge in [-0.25, -0.2) is 13.6 Å². The summed E-state index contributed by atoms with van der Waals surface area (Å²) < 4.78 is 27.4. The van der Waals surface area contributed by atoms with Crippen LogP contribution < -0.4 is 16.0 Å². The first-order valence-corrected chi connectivity index (χ1v) is 6.90. The van der Waals surface area contributed by atoms with Crippen molar-refractivity contribution in [1.82, 2.24) is 0 Å². The monoisotopic (exact) mass is 317 g/mol. The Morgan fingerprint density at radius 2 is 1.74 bits per heavy atom. The van der Waals surface area contributed by atoms with Crippen LogP contribution in [-0.2, 0) is 11.2 Å². The number of hydrogen-bond acceptors (Lipinski definition) is 2. The Balaban J connectivity index is 1.95. The summed E-state index contributed by atoms with van der Waals surface area (Å²) in [5.74, 6) is -2.49. The van der Waals surface area contributed by atoms with Crippen LogP contribution in [0.3, 0.4) is 0 Å². The molecule has 1 aliphatic rings. The van der Waals surface area contributed by atoms with E-state index in [2.05, 4.69) is 5.32 Å². The Morgan fingerprint density at radius 3 is 2.39 bits per heavy atom. The molecule has 0 aliphatic carbocycles. The quantitative estimate of drug-likeness (QED) is 0.892. The molecule has 0 saturated heterocycles. The van der Waals surface area contributed by atoms with Gasteiger partial charge in [-0.05, 0) is 23.8 Å². The van der Waals surface area contributed by atoms with Crippen molar-refractivity contribution < 1.29 is 18.4 Å². The number of nitrogens with two attached hydrogens (primary N) is 1. The Morgan fingerprint density at radius 1 is 1.09 bits per heavy atom. The van der Waals surface area contributed by atoms with Crippen molar-refractivity contribution in [3.8, 4) is 0 Å². The number of carbonyl (C=O) groups excluding carboxylic acids is 2. The number of benzene rings is 2. The molecule has 3 N–H and O–H groups in total. The highest BCUT2D eigenvalue weighted by molar-refractivity contribution is 6.08. The number of amides is 3. The van der Waals surface area contributed by atoms with Gasteiger partial charge in [0.1, 0.15) is 23.4 Å². The maximum atomic E-state index is 13.7. The average Bonchev–Trinajstić information content (AvgIpc) is 2.91. The number of primary amides is 1. The number of rotatable bonds is 2. The minimum absolute atomic E-state index is 0.263. The summed E-state index contributed by atoms with van der Waals surface area (Å²) in [5.41, 5.74) is 6.04. The molecule has 0 spiro atoms. The summed E-state index contributed by atoms with van der Waals surface area (Å²) in [6.07, 6.45) is 0.263. The smallest absolute Gasteiger partial charge is 0.327 e. The van der Waals surface area contributed by atoms with Gasteiger partial charge in [0.15, 0.2) is 0 Å². The second kappa shape index (κ2) is 5.68. The SMILES string of the molecule is NC(=O)C1Cc2ccccc2N1C(=O)Nc1c(F)cccc1F. The fourth-order valence-corrected chi connectivity index (χ4v) is 2.65. The highest BCUT2D eigenvalue weighted by Crippen LogP contribution is 2.32. The Bertz CT molecular complexity index is 774. The summed E-state index contributed by atoms with van der Waals surface area (Å²) in [5, 5.41) is 2.18. The minimum Gasteiger partial charge on any atom is -0.368 e. The number of nitrogens with zero attached hydrogens (tertiary/aromatic N) is 1. The largest absolute Gasteiger partial charge is 0.368 e. The predicted octanol–water partition coefficient (Wildman–Crippen LogP) is 2.41. The lowest BCUT2D eigenvalue weighted by atomic mass is 10.1. The van der Waals surface area contributed by atoms with Crippen molar-refractivity contribution in [3.63, 3.8) is 0 Å². The molecule has 1 atom stereocenters. The molecule has 3 amide bonds. The number of urea groups is 1. The third-order valence-corrected chi connectivity index (χ3v) is 3.72. The fraction of sp³-hybridized carbons (Fsp3) is 0.125. The van der Waals surface area contributed by atoms with Crippen LogP contribution in [0.1, 0.15) is 5.56 Å². The number of fused-ring (bicyclic) bond motifs is 1. The first-order valence-electron chi connectivity index (χ1n) is 6.90. The van der Waals surface area contributed by atoms with E-state index in [1.165, 1.54) is 6.07 Å². The first-order chi connectivity index (χ1) is 11.0. The van der Waals surface area contributed by atoms with Crippen molar-refractivity contribution in [2.24, 2.45) is 5.73 Å². The van der Waals surface area contributed by atoms with Crippen LogP contribution in [0.2, 0.25) is 0 Å². The van der Waals surface area contributed by atoms with E-state index >= 15 is 0 Å². The van der Waals surface area contributed by atoms with Crippen LogP contribution in [-0.4, -0.2) is 18.0 Å². The molecule has 1 heterocycles. The number of hydrogen-bond donors (Lipinski definition) is 2. The minimum atomic E-state index is -0.901. The van der Waals surface area contributed by atoms with Crippen molar-refractivity contribution in [1.29, 1.82) is 0 Å². The molecule has 0 radical (unpaired) electrons. The van der Waals surface area contributed by atoms with Crippen LogP contribution in [0.25, 0.3) is 0 Å². The van der Waals surface area contributed by atoms with E-state index < -0.39 is 35.3 Å². The maximum absolute atomic E-state index is 13.7. The normalized spacial score (nSPS) is 16.1. The number of anilines is 2. The van der Waals surface area contributed by atoms with E-state index in [9.17, 15) is 18.4 Å². The van der Waals surface area contributed by atoms with Crippen molar-refractivity contribution >= 4 is 23.3 Å². The second-order valence-electron chi connectivity index (χ2n) is 5.15. The van der Waals surface area contributed by atoms with Crippen LogP contribution in [0.4, 0.5) is 25.0 Å². The highest BCUT2D eigenvalue weighted by atomic mass is 19.1. The molecule has 3 rings (SSSR count). The lowest BCUT2D eigenvalue weighted by molar-refractivity contribution is -0.119. The van der Waals surface area contributed by atoms with Crippen LogP contribution in [0.15, 0.2) is 42.5 Å². The zero-order valence-electron chi connectivity index (χ0n) is 11.9. The molecule has 2 aromatic carbocycles. The van der Waals surface area contributed by atoms with Gasteiger partial charge in [0.25, 0.3) is 0 Å². The molecule has 118 valence electrons. The third-order valence-electron chi connectivity index (χ3n) is 3.72. The van der Waals surface area contributed by atoms with E-state index in [-0.39, 0.29) is 6.42 Å². The molecular weight excluding hydrogens is 304 g/mol. The lowest BCUT2D eigenvalue weighted by Gasteiger charge is -2.23. The summed E-state index contributed by atoms with van der Waals surface area (Å²) >= 11 is 0. The van der Waals surface area contributed by atoms with Crippen LogP contribution in [0.5, 0.6) is 0 Å². The Labute approximate surface area is 130 Å². The topological polar surface area (TPSA) is 75.4 Å². The molecule has 1 aliphatic heterocycles. The number of carbonyl (C=O) groups is 2. The molecule has 1 unspecified atom stereocenters. The zero-order chi connectivity index (χ0) is 16.6. The molecule has 2 aromatic rings. The van der Waals surface area contributed by atoms with Crippen molar-refractivity contribution in [2.45, 2.75) is 12.5 Å². The fourth-order valence-electron chi connectivity index (χ4n) is 2.65. The van der Waals surface area contributed by atoms with Gasteiger partial charge in [0, 0.05) is 12.1 Å². The second-order valence-corrected chi connectivity index (χ2v) is 5.15. The van der Waals surface area contributed by atoms with Gasteiger partial charge in [-0.1, -0.05) is 24.3 Å². The van der Waals surface area contributed by atoms with Crippen molar-refractivity contribution in [3.05, 3.63) is 59.7 Å². The van der Waals surface area contributed by atoms with Crippen LogP contribution in [0, 0.1) is 11.6 Å². The van der Waals surface area contributed by atoms with E-state index in [4.69, 9.17) is 5.73 Å². The van der Waals surface area contributed by atoms with Crippen molar-refractivity contribution in [2.75, 3.05) is 10.2 Å². The maximum Gasteiger partial charge on any atom is 0.327 e. The highest BCUT2D eigenvalue weighted by Gasteiger charge is 2.37. The summed E-state index contributed by atoms with van der Waals surface area (Å²) in [6.45, 7) is 0. The Kier molecular flexibility index (Phi) is 3.69. The molecule has 0 fully saturated rings. The standard InChI is InChI=1S/C16H13F2N3O2/c17-10-5-3-6-11(18)14(10)20-16(23)21-12-7-2-1-4-9(12)8-13(21)15(19)22/h1-7,13H,8H2,(H2,19,22)(H,20,23). The van der Waals surface area contributed by atoms with Gasteiger partial charge < -0.3 is 11.1 Å². The lowest BCUT2D eigenvalue weighted by Crippen LogP contribution is -2.48. The zero-order valence-corrected chi connectivity index (χ0v) is 11.9. The molecule has 7 heteroatoms. The van der Waals surface area contributed by atoms with Gasteiger partial charge in [-0.2, -0.15) is 0 Å². The van der Waals surface area contributed by atoms with Gasteiger partial charge in [-0.15, -0.1) is 0 Å². The number of para-hydroxylation sites is 2. The van der Waals surface area contributed by atoms with Gasteiger partial charge in [0.2, 0.25) is 5.91 Å². The average molecular weight is 317 g/mol. The molecule has 0 saturated carbocycles. The summed E-state index contributed by atoms with van der Waals surface area (Å²) in [4.78, 5) is 25.2. The Hall–Kier alpha value is -2.96. The van der Waals surface area contributed by atoms with Gasteiger partial charge in [0.05, 0.1) is 0 Å². The molecule has 0 bridgehead atoms. The molecule has 5 nitrogen and oxygen atoms in total. The van der Waals surface area contributed by atoms with E-state index in [0.29, 0.717) is 5.69 Å². The van der Waals surface area contributed by atoms with E-state index in [1.54, 1.807) is 24.3 Å².